The van der Waals surface area contributed by atoms with Crippen molar-refractivity contribution in [2.24, 2.45) is 0 Å². The maximum absolute atomic E-state index is 11.1. The molecule has 0 atom stereocenters. The van der Waals surface area contributed by atoms with Crippen molar-refractivity contribution >= 4 is 28.3 Å². The highest BCUT2D eigenvalue weighted by Gasteiger charge is 2.15. The van der Waals surface area contributed by atoms with Gasteiger partial charge in [0.2, 0.25) is 0 Å². The third kappa shape index (κ3) is 3.00. The zero-order chi connectivity index (χ0) is 11.4. The van der Waals surface area contributed by atoms with Gasteiger partial charge in [-0.15, -0.1) is 0 Å². The quantitative estimate of drug-likeness (QED) is 0.796. The van der Waals surface area contributed by atoms with Gasteiger partial charge in [-0.3, -0.25) is 10.1 Å². The lowest BCUT2D eigenvalue weighted by Crippen LogP contribution is -2.16. The summed E-state index contributed by atoms with van der Waals surface area (Å²) in [5.74, 6) is -1.40. The number of amides is 1. The summed E-state index contributed by atoms with van der Waals surface area (Å²) in [4.78, 5) is 25.8. The molecule has 15 heavy (non-hydrogen) atoms. The van der Waals surface area contributed by atoms with Gasteiger partial charge in [-0.2, -0.15) is 0 Å². The highest BCUT2D eigenvalue weighted by molar-refractivity contribution is 7.17. The molecule has 6 nitrogen and oxygen atoms in total. The van der Waals surface area contributed by atoms with Crippen LogP contribution in [0.3, 0.4) is 0 Å². The monoisotopic (exact) mass is 230 g/mol. The molecule has 0 spiro atoms. The summed E-state index contributed by atoms with van der Waals surface area (Å²) in [6, 6.07) is 0. The van der Waals surface area contributed by atoms with Crippen molar-refractivity contribution < 1.29 is 19.4 Å². The van der Waals surface area contributed by atoms with Crippen LogP contribution in [0.25, 0.3) is 0 Å². The molecule has 0 unspecified atom stereocenters. The lowest BCUT2D eigenvalue weighted by Gasteiger charge is -1.98. The van der Waals surface area contributed by atoms with Gasteiger partial charge in [0.15, 0.2) is 5.13 Å². The molecule has 1 heterocycles. The Hall–Kier alpha value is -1.47. The van der Waals surface area contributed by atoms with Gasteiger partial charge in [-0.1, -0.05) is 11.3 Å². The predicted molar refractivity (Wildman–Crippen MR) is 54.3 cm³/mol. The third-order valence-corrected chi connectivity index (χ3v) is 2.57. The van der Waals surface area contributed by atoms with E-state index in [2.05, 4.69) is 15.0 Å². The van der Waals surface area contributed by atoms with E-state index in [0.29, 0.717) is 5.69 Å². The second-order valence-electron chi connectivity index (χ2n) is 2.72. The Balaban J connectivity index is 2.75. The number of rotatable bonds is 4. The number of aromatic carboxylic acids is 1. The average molecular weight is 230 g/mol. The molecule has 1 rings (SSSR count). The molecule has 82 valence electrons. The van der Waals surface area contributed by atoms with Crippen LogP contribution in [0.2, 0.25) is 0 Å². The third-order valence-electron chi connectivity index (χ3n) is 1.51. The first-order valence-corrected chi connectivity index (χ1v) is 4.85. The second-order valence-corrected chi connectivity index (χ2v) is 3.72. The van der Waals surface area contributed by atoms with E-state index in [4.69, 9.17) is 5.11 Å². The maximum atomic E-state index is 11.1. The van der Waals surface area contributed by atoms with Crippen molar-refractivity contribution in [1.82, 2.24) is 4.98 Å². The molecule has 0 saturated heterocycles. The minimum atomic E-state index is -1.04. The Bertz CT molecular complexity index is 388. The standard InChI is InChI=1S/C8H10N2O4S/c1-4-6(7(12)13)15-8(9-4)10-5(11)3-14-2/h3H2,1-2H3,(H,12,13)(H,9,10,11). The van der Waals surface area contributed by atoms with Gasteiger partial charge in [0.25, 0.3) is 5.91 Å². The van der Waals surface area contributed by atoms with Gasteiger partial charge in [0.1, 0.15) is 11.5 Å². The van der Waals surface area contributed by atoms with Gasteiger partial charge in [-0.25, -0.2) is 9.78 Å². The SMILES string of the molecule is COCC(=O)Nc1nc(C)c(C(=O)O)s1. The fraction of sp³-hybridized carbons (Fsp3) is 0.375. The van der Waals surface area contributed by atoms with Crippen molar-refractivity contribution in [3.63, 3.8) is 0 Å². The van der Waals surface area contributed by atoms with Crippen LogP contribution in [-0.2, 0) is 9.53 Å². The van der Waals surface area contributed by atoms with Crippen LogP contribution in [0.4, 0.5) is 5.13 Å². The molecule has 1 amide bonds. The van der Waals surface area contributed by atoms with Gasteiger partial charge in [0, 0.05) is 7.11 Å². The number of anilines is 1. The predicted octanol–water partition coefficient (Wildman–Crippen LogP) is 0.735. The zero-order valence-electron chi connectivity index (χ0n) is 8.23. The van der Waals surface area contributed by atoms with E-state index in [9.17, 15) is 9.59 Å². The normalized spacial score (nSPS) is 10.0. The summed E-state index contributed by atoms with van der Waals surface area (Å²) in [7, 11) is 1.40. The molecule has 1 aromatic heterocycles. The van der Waals surface area contributed by atoms with E-state index in [1.165, 1.54) is 7.11 Å². The summed E-state index contributed by atoms with van der Waals surface area (Å²) >= 11 is 0.924. The van der Waals surface area contributed by atoms with E-state index in [1.807, 2.05) is 0 Å². The second kappa shape index (κ2) is 4.85. The topological polar surface area (TPSA) is 88.5 Å². The molecule has 0 radical (unpaired) electrons. The Morgan fingerprint density at radius 2 is 2.27 bits per heavy atom. The van der Waals surface area contributed by atoms with Crippen LogP contribution < -0.4 is 5.32 Å². The molecular formula is C8H10N2O4S. The molecule has 0 aliphatic rings. The summed E-state index contributed by atoms with van der Waals surface area (Å²) < 4.78 is 4.61. The molecule has 1 aromatic rings. The number of hydrogen-bond donors (Lipinski definition) is 2. The first kappa shape index (κ1) is 11.6. The van der Waals surface area contributed by atoms with E-state index < -0.39 is 5.97 Å². The molecule has 0 aromatic carbocycles. The van der Waals surface area contributed by atoms with E-state index in [-0.39, 0.29) is 22.5 Å². The maximum Gasteiger partial charge on any atom is 0.347 e. The number of hydrogen-bond acceptors (Lipinski definition) is 5. The zero-order valence-corrected chi connectivity index (χ0v) is 9.05. The molecule has 0 saturated carbocycles. The first-order chi connectivity index (χ1) is 7.04. The number of ether oxygens (including phenoxy) is 1. The first-order valence-electron chi connectivity index (χ1n) is 4.04. The Morgan fingerprint density at radius 1 is 1.60 bits per heavy atom. The van der Waals surface area contributed by atoms with Gasteiger partial charge < -0.3 is 9.84 Å². The average Bonchev–Trinajstić information content (AvgIpc) is 2.47. The van der Waals surface area contributed by atoms with Crippen molar-refractivity contribution in [1.29, 1.82) is 0 Å². The van der Waals surface area contributed by atoms with Gasteiger partial charge >= 0.3 is 5.97 Å². The van der Waals surface area contributed by atoms with Crippen molar-refractivity contribution in [3.05, 3.63) is 10.6 Å². The van der Waals surface area contributed by atoms with Crippen molar-refractivity contribution in [3.8, 4) is 0 Å². The molecule has 0 fully saturated rings. The largest absolute Gasteiger partial charge is 0.477 e. The molecule has 0 aliphatic heterocycles. The highest BCUT2D eigenvalue weighted by atomic mass is 32.1. The van der Waals surface area contributed by atoms with E-state index in [1.54, 1.807) is 6.92 Å². The Kier molecular flexibility index (Phi) is 3.75. The smallest absolute Gasteiger partial charge is 0.347 e. The summed E-state index contributed by atoms with van der Waals surface area (Å²) in [6.07, 6.45) is 0. The van der Waals surface area contributed by atoms with Gasteiger partial charge in [-0.05, 0) is 6.92 Å². The van der Waals surface area contributed by atoms with Crippen LogP contribution in [0.15, 0.2) is 0 Å². The molecular weight excluding hydrogens is 220 g/mol. The highest BCUT2D eigenvalue weighted by Crippen LogP contribution is 2.22. The minimum Gasteiger partial charge on any atom is -0.477 e. The molecule has 0 aliphatic carbocycles. The minimum absolute atomic E-state index is 0.0823. The van der Waals surface area contributed by atoms with Crippen LogP contribution in [0, 0.1) is 6.92 Å². The number of thiazole rings is 1. The Morgan fingerprint density at radius 3 is 2.73 bits per heavy atom. The van der Waals surface area contributed by atoms with Crippen LogP contribution in [-0.4, -0.2) is 35.7 Å². The van der Waals surface area contributed by atoms with Crippen LogP contribution >= 0.6 is 11.3 Å². The number of nitrogens with one attached hydrogen (secondary N) is 1. The fourth-order valence-electron chi connectivity index (χ4n) is 0.935. The Labute approximate surface area is 89.9 Å². The van der Waals surface area contributed by atoms with E-state index in [0.717, 1.165) is 11.3 Å². The number of aromatic nitrogens is 1. The lowest BCUT2D eigenvalue weighted by molar-refractivity contribution is -0.119. The summed E-state index contributed by atoms with van der Waals surface area (Å²) in [6.45, 7) is 1.49. The van der Waals surface area contributed by atoms with Crippen molar-refractivity contribution in [2.75, 3.05) is 19.0 Å². The van der Waals surface area contributed by atoms with Crippen LogP contribution in [0.5, 0.6) is 0 Å². The van der Waals surface area contributed by atoms with Crippen molar-refractivity contribution in [2.45, 2.75) is 6.92 Å². The molecule has 2 N–H and O–H groups in total. The number of nitrogens with zero attached hydrogens (tertiary/aromatic N) is 1. The van der Waals surface area contributed by atoms with E-state index >= 15 is 0 Å². The lowest BCUT2D eigenvalue weighted by atomic mass is 10.4. The fourth-order valence-corrected chi connectivity index (χ4v) is 1.76. The number of aryl methyl sites for hydroxylation is 1. The molecule has 0 bridgehead atoms. The molecule has 7 heteroatoms. The summed E-state index contributed by atoms with van der Waals surface area (Å²) in [5.41, 5.74) is 0.389. The number of carboxylic acids is 1. The number of carbonyl (C=O) groups excluding carboxylic acids is 1. The number of carbonyl (C=O) groups is 2. The number of methoxy groups -OCH3 is 1. The van der Waals surface area contributed by atoms with Gasteiger partial charge in [0.05, 0.1) is 5.69 Å². The number of carboxylic acid groups (broad SMARTS) is 1. The summed E-state index contributed by atoms with van der Waals surface area (Å²) in [5, 5.41) is 11.5. The van der Waals surface area contributed by atoms with Crippen LogP contribution in [0.1, 0.15) is 15.4 Å².